The molecule has 0 aromatic heterocycles. The molecule has 0 amide bonds. The molecular formula is C15H20ClNOS. The van der Waals surface area contributed by atoms with Crippen molar-refractivity contribution in [3.63, 3.8) is 0 Å². The van der Waals surface area contributed by atoms with Crippen molar-refractivity contribution in [3.8, 4) is 0 Å². The molecule has 2 fully saturated rings. The molecule has 104 valence electrons. The molecule has 3 rings (SSSR count). The average molecular weight is 298 g/mol. The van der Waals surface area contributed by atoms with Crippen molar-refractivity contribution in [1.82, 2.24) is 5.32 Å². The van der Waals surface area contributed by atoms with Crippen LogP contribution in [0, 0.1) is 0 Å². The average Bonchev–Trinajstić information content (AvgIpc) is 3.24. The standard InChI is InChI=1S/C15H20ClNOS/c16-12-1-4-15(19-14-5-7-18-8-6-14)11(9-12)10-17-13-2-3-13/h1,4,9,13-14,17H,2-3,5-8,10H2. The molecule has 0 radical (unpaired) electrons. The summed E-state index contributed by atoms with van der Waals surface area (Å²) in [7, 11) is 0. The van der Waals surface area contributed by atoms with Gasteiger partial charge >= 0.3 is 0 Å². The van der Waals surface area contributed by atoms with Crippen molar-refractivity contribution in [2.24, 2.45) is 0 Å². The van der Waals surface area contributed by atoms with Crippen LogP contribution in [0.25, 0.3) is 0 Å². The number of ether oxygens (including phenoxy) is 1. The quantitative estimate of drug-likeness (QED) is 0.891. The maximum atomic E-state index is 6.13. The molecular weight excluding hydrogens is 278 g/mol. The lowest BCUT2D eigenvalue weighted by Gasteiger charge is -2.22. The lowest BCUT2D eigenvalue weighted by atomic mass is 10.2. The molecule has 4 heteroatoms. The Morgan fingerprint density at radius 2 is 2.00 bits per heavy atom. The van der Waals surface area contributed by atoms with Crippen molar-refractivity contribution in [1.29, 1.82) is 0 Å². The molecule has 1 N–H and O–H groups in total. The Labute approximate surface area is 124 Å². The first-order valence-electron chi connectivity index (χ1n) is 7.07. The van der Waals surface area contributed by atoms with Crippen molar-refractivity contribution in [3.05, 3.63) is 28.8 Å². The maximum absolute atomic E-state index is 6.13. The van der Waals surface area contributed by atoms with Crippen LogP contribution in [0.4, 0.5) is 0 Å². The summed E-state index contributed by atoms with van der Waals surface area (Å²) in [5.74, 6) is 0. The van der Waals surface area contributed by atoms with Gasteiger partial charge in [0.15, 0.2) is 0 Å². The minimum Gasteiger partial charge on any atom is -0.381 e. The second kappa shape index (κ2) is 6.49. The number of benzene rings is 1. The molecule has 1 aliphatic carbocycles. The fourth-order valence-electron chi connectivity index (χ4n) is 2.32. The van der Waals surface area contributed by atoms with Crippen LogP contribution in [0.2, 0.25) is 5.02 Å². The number of rotatable bonds is 5. The van der Waals surface area contributed by atoms with E-state index in [1.54, 1.807) is 0 Å². The van der Waals surface area contributed by atoms with Gasteiger partial charge in [0.2, 0.25) is 0 Å². The zero-order valence-electron chi connectivity index (χ0n) is 11.0. The SMILES string of the molecule is Clc1ccc(SC2CCOCC2)c(CNC2CC2)c1. The molecule has 1 saturated carbocycles. The summed E-state index contributed by atoms with van der Waals surface area (Å²) in [6, 6.07) is 7.02. The number of halogens is 1. The van der Waals surface area contributed by atoms with Crippen LogP contribution >= 0.6 is 23.4 Å². The van der Waals surface area contributed by atoms with Gasteiger partial charge in [-0.25, -0.2) is 0 Å². The number of thioether (sulfide) groups is 1. The molecule has 0 bridgehead atoms. The predicted molar refractivity (Wildman–Crippen MR) is 81.0 cm³/mol. The lowest BCUT2D eigenvalue weighted by Crippen LogP contribution is -2.19. The fraction of sp³-hybridized carbons (Fsp3) is 0.600. The molecule has 1 saturated heterocycles. The Morgan fingerprint density at radius 1 is 1.21 bits per heavy atom. The summed E-state index contributed by atoms with van der Waals surface area (Å²) in [6.07, 6.45) is 4.96. The summed E-state index contributed by atoms with van der Waals surface area (Å²) in [5.41, 5.74) is 1.34. The summed E-state index contributed by atoms with van der Waals surface area (Å²) < 4.78 is 5.43. The second-order valence-electron chi connectivity index (χ2n) is 5.34. The zero-order valence-corrected chi connectivity index (χ0v) is 12.6. The number of hydrogen-bond donors (Lipinski definition) is 1. The molecule has 1 aliphatic heterocycles. The van der Waals surface area contributed by atoms with E-state index in [-0.39, 0.29) is 0 Å². The first-order valence-corrected chi connectivity index (χ1v) is 8.33. The minimum absolute atomic E-state index is 0.689. The zero-order chi connectivity index (χ0) is 13.1. The summed E-state index contributed by atoms with van der Waals surface area (Å²) in [5, 5.41) is 5.11. The molecule has 1 heterocycles. The van der Waals surface area contributed by atoms with Gasteiger partial charge in [0.1, 0.15) is 0 Å². The van der Waals surface area contributed by atoms with Crippen molar-refractivity contribution in [2.75, 3.05) is 13.2 Å². The van der Waals surface area contributed by atoms with Crippen molar-refractivity contribution < 1.29 is 4.74 Å². The normalized spacial score (nSPS) is 20.7. The van der Waals surface area contributed by atoms with Crippen molar-refractivity contribution in [2.45, 2.75) is 48.4 Å². The molecule has 0 atom stereocenters. The van der Waals surface area contributed by atoms with Gasteiger partial charge in [-0.05, 0) is 49.4 Å². The van der Waals surface area contributed by atoms with Crippen LogP contribution in [-0.2, 0) is 11.3 Å². The van der Waals surface area contributed by atoms with Crippen molar-refractivity contribution >= 4 is 23.4 Å². The van der Waals surface area contributed by atoms with Crippen LogP contribution in [0.1, 0.15) is 31.2 Å². The molecule has 2 aliphatic rings. The summed E-state index contributed by atoms with van der Waals surface area (Å²) in [4.78, 5) is 1.38. The van der Waals surface area contributed by atoms with Crippen LogP contribution in [0.15, 0.2) is 23.1 Å². The van der Waals surface area contributed by atoms with Gasteiger partial charge in [0.05, 0.1) is 0 Å². The van der Waals surface area contributed by atoms with Gasteiger partial charge in [0, 0.05) is 41.0 Å². The Balaban J connectivity index is 1.66. The third-order valence-electron chi connectivity index (χ3n) is 3.64. The van der Waals surface area contributed by atoms with Gasteiger partial charge in [-0.2, -0.15) is 0 Å². The largest absolute Gasteiger partial charge is 0.381 e. The van der Waals surface area contributed by atoms with Crippen LogP contribution in [0.5, 0.6) is 0 Å². The Hall–Kier alpha value is -0.220. The third-order valence-corrected chi connectivity index (χ3v) is 5.34. The molecule has 1 aromatic carbocycles. The van der Waals surface area contributed by atoms with Gasteiger partial charge in [-0.1, -0.05) is 11.6 Å². The van der Waals surface area contributed by atoms with Gasteiger partial charge < -0.3 is 10.1 Å². The Morgan fingerprint density at radius 3 is 2.74 bits per heavy atom. The van der Waals surface area contributed by atoms with Gasteiger partial charge in [-0.3, -0.25) is 0 Å². The number of hydrogen-bond acceptors (Lipinski definition) is 3. The van der Waals surface area contributed by atoms with Crippen LogP contribution in [0.3, 0.4) is 0 Å². The van der Waals surface area contributed by atoms with Crippen LogP contribution in [-0.4, -0.2) is 24.5 Å². The van der Waals surface area contributed by atoms with E-state index < -0.39 is 0 Å². The van der Waals surface area contributed by atoms with E-state index >= 15 is 0 Å². The van der Waals surface area contributed by atoms with Crippen LogP contribution < -0.4 is 5.32 Å². The van der Waals surface area contributed by atoms with E-state index in [2.05, 4.69) is 17.4 Å². The molecule has 19 heavy (non-hydrogen) atoms. The topological polar surface area (TPSA) is 21.3 Å². The molecule has 0 spiro atoms. The van der Waals surface area contributed by atoms with E-state index in [1.807, 2.05) is 17.8 Å². The second-order valence-corrected chi connectivity index (χ2v) is 7.12. The molecule has 1 aromatic rings. The third kappa shape index (κ3) is 4.12. The van der Waals surface area contributed by atoms with E-state index in [0.29, 0.717) is 5.25 Å². The highest BCUT2D eigenvalue weighted by Gasteiger charge is 2.21. The highest BCUT2D eigenvalue weighted by atomic mass is 35.5. The van der Waals surface area contributed by atoms with E-state index in [9.17, 15) is 0 Å². The first-order chi connectivity index (χ1) is 9.31. The Bertz CT molecular complexity index is 430. The summed E-state index contributed by atoms with van der Waals surface area (Å²) >= 11 is 8.13. The lowest BCUT2D eigenvalue weighted by molar-refractivity contribution is 0.1000. The minimum atomic E-state index is 0.689. The highest BCUT2D eigenvalue weighted by molar-refractivity contribution is 8.00. The fourth-order valence-corrected chi connectivity index (χ4v) is 3.73. The molecule has 0 unspecified atom stereocenters. The Kier molecular flexibility index (Phi) is 4.69. The van der Waals surface area contributed by atoms with Gasteiger partial charge in [0.25, 0.3) is 0 Å². The molecule has 2 nitrogen and oxygen atoms in total. The maximum Gasteiger partial charge on any atom is 0.0476 e. The van der Waals surface area contributed by atoms with E-state index in [0.717, 1.165) is 43.7 Å². The number of nitrogens with one attached hydrogen (secondary N) is 1. The summed E-state index contributed by atoms with van der Waals surface area (Å²) in [6.45, 7) is 2.75. The smallest absolute Gasteiger partial charge is 0.0476 e. The monoisotopic (exact) mass is 297 g/mol. The first kappa shape index (κ1) is 13.7. The van der Waals surface area contributed by atoms with E-state index in [1.165, 1.54) is 23.3 Å². The van der Waals surface area contributed by atoms with Gasteiger partial charge in [-0.15, -0.1) is 11.8 Å². The predicted octanol–water partition coefficient (Wildman–Crippen LogP) is 3.86. The highest BCUT2D eigenvalue weighted by Crippen LogP contribution is 2.33. The van der Waals surface area contributed by atoms with E-state index in [4.69, 9.17) is 16.3 Å².